The van der Waals surface area contributed by atoms with Crippen molar-refractivity contribution in [2.24, 2.45) is 0 Å². The third-order valence-corrected chi connectivity index (χ3v) is 9.41. The molecule has 0 radical (unpaired) electrons. The number of nitrogens with one attached hydrogen (secondary N) is 1. The number of alkyl halides is 4. The molecule has 2 aliphatic rings. The molecule has 1 N–H and O–H groups in total. The van der Waals surface area contributed by atoms with E-state index in [1.54, 1.807) is 21.9 Å². The van der Waals surface area contributed by atoms with Crippen molar-refractivity contribution in [1.82, 2.24) is 35.3 Å². The molecule has 0 saturated carbocycles. The minimum absolute atomic E-state index is 0.0540. The summed E-state index contributed by atoms with van der Waals surface area (Å²) >= 11 is 0. The zero-order chi connectivity index (χ0) is 44.9. The number of morpholine rings is 2. The number of halogens is 6. The van der Waals surface area contributed by atoms with E-state index in [9.17, 15) is 45.5 Å². The van der Waals surface area contributed by atoms with E-state index in [4.69, 9.17) is 13.9 Å². The minimum Gasteiger partial charge on any atom is -0.415 e. The van der Waals surface area contributed by atoms with Crippen molar-refractivity contribution in [1.29, 1.82) is 0 Å². The summed E-state index contributed by atoms with van der Waals surface area (Å²) in [5.74, 6) is -3.80. The molecule has 2 aliphatic heterocycles. The second kappa shape index (κ2) is 21.7. The van der Waals surface area contributed by atoms with Gasteiger partial charge in [-0.15, -0.1) is 10.2 Å². The highest BCUT2D eigenvalue weighted by Gasteiger charge is 2.27. The Kier molecular flexibility index (Phi) is 15.7. The number of rotatable bonds is 12. The second-order valence-electron chi connectivity index (χ2n) is 13.7. The Morgan fingerprint density at radius 3 is 1.56 bits per heavy atom. The van der Waals surface area contributed by atoms with Gasteiger partial charge < -0.3 is 29.0 Å². The highest BCUT2D eigenvalue weighted by Crippen LogP contribution is 2.25. The van der Waals surface area contributed by atoms with Crippen LogP contribution in [0.3, 0.4) is 0 Å². The molecule has 5 aromatic rings. The summed E-state index contributed by atoms with van der Waals surface area (Å²) in [4.78, 5) is 63.8. The quantitative estimate of drug-likeness (QED) is 0.116. The molecule has 2 fully saturated rings. The Hall–Kier alpha value is -6.94. The zero-order valence-corrected chi connectivity index (χ0v) is 33.2. The van der Waals surface area contributed by atoms with Crippen LogP contribution in [0.4, 0.5) is 47.3 Å². The molecule has 332 valence electrons. The molecule has 0 unspecified atom stereocenters. The molecule has 22 heteroatoms. The number of hydrogen-bond donors (Lipinski definition) is 1. The molecule has 3 aromatic heterocycles. The van der Waals surface area contributed by atoms with Crippen LogP contribution in [-0.2, 0) is 27.4 Å². The maximum atomic E-state index is 13.4. The summed E-state index contributed by atoms with van der Waals surface area (Å²) < 4.78 is 92.0. The van der Waals surface area contributed by atoms with Gasteiger partial charge in [0.1, 0.15) is 11.6 Å². The highest BCUT2D eigenvalue weighted by atomic mass is 19.3. The molecule has 0 spiro atoms. The van der Waals surface area contributed by atoms with Gasteiger partial charge in [-0.1, -0.05) is 0 Å². The van der Waals surface area contributed by atoms with Crippen LogP contribution < -0.4 is 15.1 Å². The van der Waals surface area contributed by atoms with E-state index >= 15 is 0 Å². The molecular weight excluding hydrogens is 844 g/mol. The van der Waals surface area contributed by atoms with E-state index in [0.29, 0.717) is 80.9 Å². The number of aromatic nitrogens is 4. The average Bonchev–Trinajstić information content (AvgIpc) is 3.82. The van der Waals surface area contributed by atoms with E-state index in [2.05, 4.69) is 20.2 Å². The first-order valence-corrected chi connectivity index (χ1v) is 19.3. The SMILES string of the molecule is O=C(CNC(=O)C(F)F)c1ccc(CN(C(=O)N2CCOCC2)c2ccc(F)cc2)nc1.O=C(N1CCOCC1)N(Cc1ccc(-c2nnc(C(F)F)o2)cn1)c1ccc(F)cc1. The van der Waals surface area contributed by atoms with Gasteiger partial charge in [0.15, 0.2) is 5.78 Å². The van der Waals surface area contributed by atoms with Crippen molar-refractivity contribution in [2.45, 2.75) is 25.9 Å². The van der Waals surface area contributed by atoms with Crippen molar-refractivity contribution in [3.05, 3.63) is 120 Å². The van der Waals surface area contributed by atoms with Crippen molar-refractivity contribution < 1.29 is 59.4 Å². The number of carbonyl (C=O) groups excluding carboxylic acids is 4. The Labute approximate surface area is 355 Å². The lowest BCUT2D eigenvalue weighted by Gasteiger charge is -2.33. The van der Waals surface area contributed by atoms with Crippen LogP contribution in [-0.4, -0.2) is 119 Å². The van der Waals surface area contributed by atoms with Crippen molar-refractivity contribution in [3.8, 4) is 11.5 Å². The second-order valence-corrected chi connectivity index (χ2v) is 13.7. The van der Waals surface area contributed by atoms with E-state index in [-0.39, 0.29) is 36.6 Å². The number of amides is 5. The van der Waals surface area contributed by atoms with Gasteiger partial charge in [-0.3, -0.25) is 29.4 Å². The summed E-state index contributed by atoms with van der Waals surface area (Å²) in [6.45, 7) is 3.05. The van der Waals surface area contributed by atoms with Gasteiger partial charge in [0.05, 0.1) is 63.0 Å². The normalized spacial score (nSPS) is 13.9. The van der Waals surface area contributed by atoms with Gasteiger partial charge >= 0.3 is 24.9 Å². The largest absolute Gasteiger partial charge is 0.415 e. The molecule has 0 atom stereocenters. The predicted octanol–water partition coefficient (Wildman–Crippen LogP) is 5.91. The number of hydrogen-bond acceptors (Lipinski definition) is 11. The Morgan fingerprint density at radius 2 is 1.14 bits per heavy atom. The van der Waals surface area contributed by atoms with Gasteiger partial charge in [0.25, 0.3) is 11.8 Å². The van der Waals surface area contributed by atoms with Crippen molar-refractivity contribution >= 4 is 35.1 Å². The zero-order valence-electron chi connectivity index (χ0n) is 33.2. The number of anilines is 2. The maximum absolute atomic E-state index is 13.4. The molecule has 2 aromatic carbocycles. The summed E-state index contributed by atoms with van der Waals surface area (Å²) in [7, 11) is 0. The first-order valence-electron chi connectivity index (χ1n) is 19.3. The van der Waals surface area contributed by atoms with E-state index in [1.807, 2.05) is 5.32 Å². The molecule has 63 heavy (non-hydrogen) atoms. The smallest absolute Gasteiger partial charge is 0.325 e. The van der Waals surface area contributed by atoms with Crippen LogP contribution in [0, 0.1) is 11.6 Å². The third-order valence-electron chi connectivity index (χ3n) is 9.41. The van der Waals surface area contributed by atoms with E-state index in [0.717, 1.165) is 0 Å². The number of nitrogens with zero attached hydrogens (tertiary/aromatic N) is 8. The average molecular weight is 884 g/mol. The molecule has 2 saturated heterocycles. The fourth-order valence-electron chi connectivity index (χ4n) is 6.07. The van der Waals surface area contributed by atoms with Crippen LogP contribution >= 0.6 is 0 Å². The van der Waals surface area contributed by atoms with Crippen molar-refractivity contribution in [2.75, 3.05) is 69.0 Å². The number of Topliss-reactive ketones (excluding diaryl/α,β-unsaturated/α-hetero) is 1. The summed E-state index contributed by atoms with van der Waals surface area (Å²) in [6, 6.07) is 16.7. The first kappa shape index (κ1) is 45.6. The van der Waals surface area contributed by atoms with Crippen LogP contribution in [0.5, 0.6) is 0 Å². The minimum atomic E-state index is -3.20. The highest BCUT2D eigenvalue weighted by molar-refractivity contribution is 5.99. The summed E-state index contributed by atoms with van der Waals surface area (Å²) in [5.41, 5.74) is 2.46. The first-order chi connectivity index (χ1) is 30.4. The molecule has 0 aliphatic carbocycles. The monoisotopic (exact) mass is 883 g/mol. The van der Waals surface area contributed by atoms with E-state index < -0.39 is 48.6 Å². The summed E-state index contributed by atoms with van der Waals surface area (Å²) in [5, 5.41) is 8.72. The van der Waals surface area contributed by atoms with Gasteiger partial charge in [0.2, 0.25) is 5.89 Å². The Morgan fingerprint density at radius 1 is 0.651 bits per heavy atom. The summed E-state index contributed by atoms with van der Waals surface area (Å²) in [6.07, 6.45) is -3.41. The molecule has 7 rings (SSSR count). The molecular formula is C41H39F6N9O7. The third kappa shape index (κ3) is 12.6. The number of ketones is 1. The van der Waals surface area contributed by atoms with Crippen LogP contribution in [0.2, 0.25) is 0 Å². The van der Waals surface area contributed by atoms with Gasteiger partial charge in [0, 0.05) is 55.5 Å². The fraction of sp³-hybridized carbons (Fsp3) is 0.317. The number of ether oxygens (including phenoxy) is 2. The molecule has 16 nitrogen and oxygen atoms in total. The topological polar surface area (TPSA) is 176 Å². The lowest BCUT2D eigenvalue weighted by Crippen LogP contribution is -2.48. The number of benzene rings is 2. The molecule has 0 bridgehead atoms. The van der Waals surface area contributed by atoms with Crippen molar-refractivity contribution in [3.63, 3.8) is 0 Å². The number of carbonyl (C=O) groups is 4. The molecule has 5 heterocycles. The number of urea groups is 2. The Bertz CT molecular complexity index is 2290. The molecule has 5 amide bonds. The maximum Gasteiger partial charge on any atom is 0.325 e. The van der Waals surface area contributed by atoms with Crippen LogP contribution in [0.15, 0.2) is 89.6 Å². The number of pyridine rings is 2. The van der Waals surface area contributed by atoms with Gasteiger partial charge in [-0.05, 0) is 72.8 Å². The Balaban J connectivity index is 0.000000210. The fourth-order valence-corrected chi connectivity index (χ4v) is 6.07. The lowest BCUT2D eigenvalue weighted by atomic mass is 10.1. The van der Waals surface area contributed by atoms with Crippen LogP contribution in [0.1, 0.15) is 34.1 Å². The van der Waals surface area contributed by atoms with Gasteiger partial charge in [-0.25, -0.2) is 18.4 Å². The lowest BCUT2D eigenvalue weighted by molar-refractivity contribution is -0.131. The standard InChI is InChI=1S/C21H21F3N4O4.C20H18F3N5O3/c22-15-2-5-17(6-3-15)28(21(31)27-7-9-32-10-8-27)13-16-4-1-14(11-25-16)18(29)12-26-20(30)19(23)24;21-14-2-5-16(6-3-14)28(20(29)27-7-9-30-10-8-27)12-15-4-1-13(11-24-15)18-25-26-19(31-18)17(22)23/h1-6,11,19H,7-10,12-13H2,(H,26,30);1-6,11,17H,7-10,12H2. The van der Waals surface area contributed by atoms with Gasteiger partial charge in [-0.2, -0.15) is 17.6 Å². The van der Waals surface area contributed by atoms with E-state index in [1.165, 1.54) is 82.9 Å². The predicted molar refractivity (Wildman–Crippen MR) is 211 cm³/mol. The van der Waals surface area contributed by atoms with Crippen LogP contribution in [0.25, 0.3) is 11.5 Å².